The van der Waals surface area contributed by atoms with Crippen molar-refractivity contribution in [3.05, 3.63) is 0 Å². The highest BCUT2D eigenvalue weighted by atomic mass is 16.5. The topological polar surface area (TPSA) is 699 Å². The molecule has 0 spiro atoms. The van der Waals surface area contributed by atoms with Crippen molar-refractivity contribution in [1.29, 1.82) is 0 Å². The Morgan fingerprint density at radius 2 is 0.979 bits per heavy atom. The zero-order valence-electron chi connectivity index (χ0n) is 55.1. The summed E-state index contributed by atoms with van der Waals surface area (Å²) in [6.07, 6.45) is -5.17. The summed E-state index contributed by atoms with van der Waals surface area (Å²) in [6, 6.07) is -12.6. The maximum Gasteiger partial charge on any atom is 0.245 e. The smallest absolute Gasteiger partial charge is 0.245 e. The standard InChI is InChI=1S/C56H105N23O17/c1-27(2)22-35(50(93)75-34(16-17-38(59)83)48(91)74-31(15-11-21-67-55(63)64)46(89)69-23-39(60)84)76-51(94)36(25-80)77-47(90)32(14-7-9-19-68-56(65)79-53-42(71-29(5)82)44(87)43(86)37(26-81)96-53)72-40(85)24-70-52(95)41(28(3)4)78-49(92)33(13-6-8-18-57)73-45(88)30(58)12-10-20-66-54(61)62/h27-28,30-37,41-44,53,80-81,86-87H,6-26,57-58H2,1-5H3,(H2,59,83)(H2,60,84)(H,69,89)(H,70,95)(H,71,82)(H,72,85)(H,73,88)(H,74,91)(H,75,93)(H,76,94)(H,77,90)(H,78,92)(H4,61,62,66)(H4,63,64,67)(H3,65,68,79)/t30-,31-,32-,33-,34-,35-,36-,37+,41-,42+,43+,44+,53+/m0/s1. The Labute approximate surface area is 556 Å². The Kier molecular flexibility index (Phi) is 40.4. The van der Waals surface area contributed by atoms with E-state index in [1.54, 1.807) is 27.7 Å². The molecule has 0 aromatic carbocycles. The summed E-state index contributed by atoms with van der Waals surface area (Å²) >= 11 is 0. The average Bonchev–Trinajstić information content (AvgIpc) is 0.830. The Hall–Kier alpha value is -8.83. The molecule has 1 rings (SSSR count). The summed E-state index contributed by atoms with van der Waals surface area (Å²) < 4.78 is 5.63. The maximum absolute atomic E-state index is 14.2. The van der Waals surface area contributed by atoms with Crippen molar-refractivity contribution in [1.82, 2.24) is 58.5 Å². The van der Waals surface area contributed by atoms with Gasteiger partial charge in [0.25, 0.3) is 0 Å². The van der Waals surface area contributed by atoms with E-state index < -0.39 is 195 Å². The number of carbonyl (C=O) groups is 12. The van der Waals surface area contributed by atoms with Crippen LogP contribution in [0.5, 0.6) is 0 Å². The lowest BCUT2D eigenvalue weighted by Crippen LogP contribution is -2.68. The minimum absolute atomic E-state index is 0.0264. The highest BCUT2D eigenvalue weighted by molar-refractivity contribution is 5.98. The molecule has 1 aliphatic heterocycles. The first-order valence-corrected chi connectivity index (χ1v) is 31.5. The zero-order valence-corrected chi connectivity index (χ0v) is 55.1. The van der Waals surface area contributed by atoms with Gasteiger partial charge in [0.05, 0.1) is 32.3 Å². The molecule has 13 atom stereocenters. The quantitative estimate of drug-likeness (QED) is 0.0153. The molecule has 0 bridgehead atoms. The number of hydrogen-bond acceptors (Lipinski definition) is 22. The van der Waals surface area contributed by atoms with Crippen molar-refractivity contribution in [3.8, 4) is 0 Å². The van der Waals surface area contributed by atoms with Gasteiger partial charge < -0.3 is 135 Å². The molecule has 0 radical (unpaired) electrons. The Balaban J connectivity index is 3.56. The predicted octanol–water partition coefficient (Wildman–Crippen LogP) is -11.4. The van der Waals surface area contributed by atoms with Crippen LogP contribution in [0, 0.1) is 11.8 Å². The van der Waals surface area contributed by atoms with Gasteiger partial charge in [-0.15, -0.1) is 0 Å². The zero-order chi connectivity index (χ0) is 72.8. The molecule has 40 nitrogen and oxygen atoms in total. The number of nitrogens with zero attached hydrogens (tertiary/aromatic N) is 3. The van der Waals surface area contributed by atoms with Crippen LogP contribution < -0.4 is 110 Å². The number of nitrogens with two attached hydrogens (primary N) is 9. The van der Waals surface area contributed by atoms with Gasteiger partial charge in [-0.2, -0.15) is 0 Å². The molecule has 0 aromatic rings. The van der Waals surface area contributed by atoms with Crippen molar-refractivity contribution in [3.63, 3.8) is 0 Å². The van der Waals surface area contributed by atoms with Crippen molar-refractivity contribution in [2.75, 3.05) is 52.5 Å². The number of aliphatic hydroxyl groups excluding tert-OH is 4. The predicted molar refractivity (Wildman–Crippen MR) is 348 cm³/mol. The van der Waals surface area contributed by atoms with E-state index >= 15 is 0 Å². The van der Waals surface area contributed by atoms with Crippen LogP contribution in [0.3, 0.4) is 0 Å². The third-order valence-corrected chi connectivity index (χ3v) is 14.5. The lowest BCUT2D eigenvalue weighted by Gasteiger charge is -2.42. The van der Waals surface area contributed by atoms with Crippen molar-refractivity contribution < 1.29 is 82.7 Å². The van der Waals surface area contributed by atoms with Gasteiger partial charge in [-0.25, -0.2) is 0 Å². The molecule has 33 N–H and O–H groups in total. The molecular weight excluding hydrogens is 1270 g/mol. The number of guanidine groups is 3. The van der Waals surface area contributed by atoms with Gasteiger partial charge >= 0.3 is 0 Å². The fourth-order valence-corrected chi connectivity index (χ4v) is 9.37. The summed E-state index contributed by atoms with van der Waals surface area (Å²) in [5, 5.41) is 68.7. The van der Waals surface area contributed by atoms with Crippen LogP contribution in [0.4, 0.5) is 0 Å². The van der Waals surface area contributed by atoms with Gasteiger partial charge in [-0.05, 0) is 95.4 Å². The van der Waals surface area contributed by atoms with Crippen LogP contribution in [0.1, 0.15) is 118 Å². The number of ether oxygens (including phenoxy) is 1. The average molecular weight is 1370 g/mol. The van der Waals surface area contributed by atoms with Gasteiger partial charge in [0.15, 0.2) is 24.1 Å². The number of carbonyl (C=O) groups excluding carboxylic acids is 12. The number of aliphatic hydroxyl groups is 4. The number of unbranched alkanes of at least 4 members (excludes halogenated alkanes) is 2. The van der Waals surface area contributed by atoms with Crippen molar-refractivity contribution in [2.45, 2.75) is 197 Å². The van der Waals surface area contributed by atoms with E-state index in [0.29, 0.717) is 19.3 Å². The van der Waals surface area contributed by atoms with Crippen LogP contribution in [0.15, 0.2) is 15.0 Å². The monoisotopic (exact) mass is 1370 g/mol. The molecule has 546 valence electrons. The minimum Gasteiger partial charge on any atom is -0.394 e. The highest BCUT2D eigenvalue weighted by Gasteiger charge is 2.45. The molecule has 0 aromatic heterocycles. The summed E-state index contributed by atoms with van der Waals surface area (Å²) in [7, 11) is 0. The van der Waals surface area contributed by atoms with Crippen LogP contribution >= 0.6 is 0 Å². The van der Waals surface area contributed by atoms with E-state index in [2.05, 4.69) is 73.5 Å². The van der Waals surface area contributed by atoms with E-state index in [9.17, 15) is 78.0 Å². The van der Waals surface area contributed by atoms with E-state index in [-0.39, 0.29) is 101 Å². The van der Waals surface area contributed by atoms with E-state index in [4.69, 9.17) is 56.3 Å². The summed E-state index contributed by atoms with van der Waals surface area (Å²) in [5.74, 6) is -12.2. The number of hydrogen-bond donors (Lipinski definition) is 24. The first kappa shape index (κ1) is 85.2. The molecule has 12 amide bonds. The van der Waals surface area contributed by atoms with Crippen LogP contribution in [-0.4, -0.2) is 241 Å². The van der Waals surface area contributed by atoms with Gasteiger partial charge in [0, 0.05) is 33.0 Å². The van der Waals surface area contributed by atoms with Crippen LogP contribution in [-0.2, 0) is 62.3 Å². The van der Waals surface area contributed by atoms with Gasteiger partial charge in [-0.3, -0.25) is 72.5 Å². The van der Waals surface area contributed by atoms with E-state index in [1.165, 1.54) is 0 Å². The molecule has 0 aliphatic carbocycles. The molecule has 40 heteroatoms. The highest BCUT2D eigenvalue weighted by Crippen LogP contribution is 2.20. The first-order valence-electron chi connectivity index (χ1n) is 31.5. The van der Waals surface area contributed by atoms with Gasteiger partial charge in [0.1, 0.15) is 66.6 Å². The van der Waals surface area contributed by atoms with E-state index in [0.717, 1.165) is 6.92 Å². The molecule has 0 unspecified atom stereocenters. The maximum atomic E-state index is 14.2. The second kappa shape index (κ2) is 45.5. The van der Waals surface area contributed by atoms with Gasteiger partial charge in [-0.1, -0.05) is 27.7 Å². The summed E-state index contributed by atoms with van der Waals surface area (Å²) in [6.45, 7) is 4.99. The fraction of sp³-hybridized carbons (Fsp3) is 0.732. The molecule has 1 heterocycles. The molecular formula is C56H105N23O17. The number of rotatable bonds is 46. The lowest BCUT2D eigenvalue weighted by atomic mass is 9.96. The Morgan fingerprint density at radius 1 is 0.500 bits per heavy atom. The van der Waals surface area contributed by atoms with E-state index in [1.807, 2.05) is 0 Å². The molecule has 1 fully saturated rings. The normalized spacial score (nSPS) is 18.6. The third-order valence-electron chi connectivity index (χ3n) is 14.5. The number of aliphatic imine (C=N–C) groups is 3. The van der Waals surface area contributed by atoms with Crippen LogP contribution in [0.25, 0.3) is 0 Å². The minimum atomic E-state index is -1.83. The summed E-state index contributed by atoms with van der Waals surface area (Å²) in [5.41, 5.74) is 50.0. The molecule has 1 saturated heterocycles. The van der Waals surface area contributed by atoms with Crippen molar-refractivity contribution >= 4 is 88.8 Å². The number of primary amides is 2. The first-order chi connectivity index (χ1) is 45.1. The third kappa shape index (κ3) is 34.0. The van der Waals surface area contributed by atoms with Crippen molar-refractivity contribution in [2.24, 2.45) is 78.4 Å². The second-order valence-corrected chi connectivity index (χ2v) is 23.6. The van der Waals surface area contributed by atoms with Crippen LogP contribution in [0.2, 0.25) is 0 Å². The largest absolute Gasteiger partial charge is 0.394 e. The van der Waals surface area contributed by atoms with Gasteiger partial charge in [0.2, 0.25) is 70.9 Å². The lowest BCUT2D eigenvalue weighted by molar-refractivity contribution is -0.198. The molecule has 96 heavy (non-hydrogen) atoms. The number of amides is 12. The molecule has 0 saturated carbocycles. The fourth-order valence-electron chi connectivity index (χ4n) is 9.37. The number of nitrogens with one attached hydrogen (secondary N) is 11. The second-order valence-electron chi connectivity index (χ2n) is 23.6. The Bertz CT molecular complexity index is 2650. The SMILES string of the molecule is CC(=O)N[C@@H]1[C@@H](O)[C@H](O)[C@@H](CO)O[C@H]1NC(N)=NCCCC[C@H](NC(=O)CNC(=O)[C@@H](NC(=O)[C@H](CCCCN)NC(=O)[C@@H](N)CCCN=C(N)N)C(C)C)C(=O)N[C@@H](CO)C(=O)N[C@@H](CC(C)C)C(=O)N[C@@H](CCC(N)=O)C(=O)N[C@@H](CCCN=C(N)N)C(=O)NCC(N)=O. The Morgan fingerprint density at radius 3 is 1.51 bits per heavy atom. The summed E-state index contributed by atoms with van der Waals surface area (Å²) in [4.78, 5) is 171. The molecule has 1 aliphatic rings.